The topological polar surface area (TPSA) is 67.7 Å². The van der Waals surface area contributed by atoms with Crippen molar-refractivity contribution < 1.29 is 0 Å². The summed E-state index contributed by atoms with van der Waals surface area (Å²) in [6.45, 7) is 6.11. The van der Waals surface area contributed by atoms with Gasteiger partial charge in [-0.1, -0.05) is 18.5 Å². The number of rotatable bonds is 3. The first-order valence-corrected chi connectivity index (χ1v) is 6.53. The number of halogens is 1. The molecule has 5 heteroatoms. The predicted molar refractivity (Wildman–Crippen MR) is 78.4 cm³/mol. The normalized spacial score (nSPS) is 10.7. The summed E-state index contributed by atoms with van der Waals surface area (Å²) in [6.07, 6.45) is 0.924. The Morgan fingerprint density at radius 3 is 2.63 bits per heavy atom. The molecule has 1 aromatic carbocycles. The molecule has 0 spiro atoms. The van der Waals surface area contributed by atoms with Crippen molar-refractivity contribution in [1.82, 2.24) is 9.78 Å². The molecule has 0 aliphatic carbocycles. The number of aryl methyl sites for hydroxylation is 1. The molecule has 2 rings (SSSR count). The largest absolute Gasteiger partial charge is 0.384 e. The smallest absolute Gasteiger partial charge is 0.124 e. The Labute approximate surface area is 117 Å². The molecule has 0 bridgehead atoms. The van der Waals surface area contributed by atoms with E-state index in [9.17, 15) is 0 Å². The number of nitrogens with two attached hydrogens (primary N) is 1. The fraction of sp³-hybridized carbons (Fsp3) is 0.286. The molecule has 0 fully saturated rings. The Hall–Kier alpha value is -1.81. The maximum absolute atomic E-state index is 7.67. The summed E-state index contributed by atoms with van der Waals surface area (Å²) in [7, 11) is 0. The van der Waals surface area contributed by atoms with Crippen LogP contribution in [-0.2, 0) is 6.42 Å². The van der Waals surface area contributed by atoms with Crippen LogP contribution in [0.4, 0.5) is 0 Å². The Bertz CT molecular complexity index is 643. The van der Waals surface area contributed by atoms with Crippen molar-refractivity contribution in [2.75, 3.05) is 0 Å². The highest BCUT2D eigenvalue weighted by Gasteiger charge is 2.15. The third-order valence-corrected chi connectivity index (χ3v) is 3.51. The minimum absolute atomic E-state index is 0.0114. The van der Waals surface area contributed by atoms with Crippen molar-refractivity contribution in [2.45, 2.75) is 27.2 Å². The SMILES string of the molecule is CCc1c(C)nn(-c2cc(Cl)ccc2C(=N)N)c1C. The first-order chi connectivity index (χ1) is 8.95. The van der Waals surface area contributed by atoms with E-state index >= 15 is 0 Å². The Morgan fingerprint density at radius 1 is 1.42 bits per heavy atom. The van der Waals surface area contributed by atoms with E-state index < -0.39 is 0 Å². The summed E-state index contributed by atoms with van der Waals surface area (Å²) in [4.78, 5) is 0. The van der Waals surface area contributed by atoms with Gasteiger partial charge in [0.15, 0.2) is 0 Å². The van der Waals surface area contributed by atoms with Gasteiger partial charge >= 0.3 is 0 Å². The monoisotopic (exact) mass is 276 g/mol. The lowest BCUT2D eigenvalue weighted by atomic mass is 10.1. The molecule has 0 unspecified atom stereocenters. The minimum atomic E-state index is 0.0114. The van der Waals surface area contributed by atoms with Gasteiger partial charge in [0.05, 0.1) is 11.4 Å². The van der Waals surface area contributed by atoms with Crippen molar-refractivity contribution >= 4 is 17.4 Å². The number of benzene rings is 1. The lowest BCUT2D eigenvalue weighted by Gasteiger charge is -2.11. The second kappa shape index (κ2) is 5.05. The maximum atomic E-state index is 7.67. The van der Waals surface area contributed by atoms with Gasteiger partial charge in [0.1, 0.15) is 5.84 Å². The number of aromatic nitrogens is 2. The van der Waals surface area contributed by atoms with Gasteiger partial charge in [-0.05, 0) is 44.0 Å². The van der Waals surface area contributed by atoms with Crippen LogP contribution in [0.5, 0.6) is 0 Å². The minimum Gasteiger partial charge on any atom is -0.384 e. The molecule has 2 aromatic rings. The van der Waals surface area contributed by atoms with Crippen LogP contribution >= 0.6 is 11.6 Å². The van der Waals surface area contributed by atoms with Crippen LogP contribution in [0.25, 0.3) is 5.69 Å². The average molecular weight is 277 g/mol. The van der Waals surface area contributed by atoms with Gasteiger partial charge in [-0.15, -0.1) is 0 Å². The van der Waals surface area contributed by atoms with Crippen LogP contribution in [0.2, 0.25) is 5.02 Å². The third kappa shape index (κ3) is 2.36. The number of nitrogen functional groups attached to an aromatic ring is 1. The van der Waals surface area contributed by atoms with E-state index in [1.54, 1.807) is 18.2 Å². The molecule has 100 valence electrons. The molecule has 1 heterocycles. The molecular weight excluding hydrogens is 260 g/mol. The molecule has 0 radical (unpaired) electrons. The fourth-order valence-corrected chi connectivity index (χ4v) is 2.50. The number of hydrogen-bond acceptors (Lipinski definition) is 2. The van der Waals surface area contributed by atoms with Gasteiger partial charge in [-0.2, -0.15) is 5.10 Å². The lowest BCUT2D eigenvalue weighted by Crippen LogP contribution is -2.15. The van der Waals surface area contributed by atoms with Crippen molar-refractivity contribution in [2.24, 2.45) is 5.73 Å². The van der Waals surface area contributed by atoms with E-state index in [0.717, 1.165) is 23.5 Å². The highest BCUT2D eigenvalue weighted by Crippen LogP contribution is 2.23. The molecule has 1 aromatic heterocycles. The van der Waals surface area contributed by atoms with Gasteiger partial charge in [-0.25, -0.2) is 4.68 Å². The zero-order valence-electron chi connectivity index (χ0n) is 11.3. The number of nitrogens with one attached hydrogen (secondary N) is 1. The maximum Gasteiger partial charge on any atom is 0.124 e. The summed E-state index contributed by atoms with van der Waals surface area (Å²) < 4.78 is 1.82. The van der Waals surface area contributed by atoms with E-state index in [0.29, 0.717) is 10.6 Å². The summed E-state index contributed by atoms with van der Waals surface area (Å²) in [5.41, 5.74) is 10.3. The summed E-state index contributed by atoms with van der Waals surface area (Å²) >= 11 is 6.05. The predicted octanol–water partition coefficient (Wildman–Crippen LogP) is 2.99. The molecule has 0 saturated carbocycles. The number of amidine groups is 1. The van der Waals surface area contributed by atoms with Crippen LogP contribution in [0.3, 0.4) is 0 Å². The van der Waals surface area contributed by atoms with Gasteiger partial charge in [0, 0.05) is 16.3 Å². The van der Waals surface area contributed by atoms with Crippen molar-refractivity contribution in [3.8, 4) is 5.69 Å². The Balaban J connectivity index is 2.71. The zero-order valence-corrected chi connectivity index (χ0v) is 12.0. The van der Waals surface area contributed by atoms with Crippen LogP contribution < -0.4 is 5.73 Å². The first-order valence-electron chi connectivity index (χ1n) is 6.15. The summed E-state index contributed by atoms with van der Waals surface area (Å²) in [5.74, 6) is 0.0114. The van der Waals surface area contributed by atoms with Crippen molar-refractivity contribution in [1.29, 1.82) is 5.41 Å². The molecule has 0 aliphatic rings. The standard InChI is InChI=1S/C14H17ClN4/c1-4-11-8(2)18-19(9(11)3)13-7-10(15)5-6-12(13)14(16)17/h5-7H,4H2,1-3H3,(H3,16,17). The first kappa shape index (κ1) is 13.6. The molecule has 0 atom stereocenters. The van der Waals surface area contributed by atoms with E-state index in [1.165, 1.54) is 5.56 Å². The van der Waals surface area contributed by atoms with Crippen LogP contribution in [0.1, 0.15) is 29.4 Å². The molecule has 0 aliphatic heterocycles. The zero-order chi connectivity index (χ0) is 14.2. The molecular formula is C14H17ClN4. The van der Waals surface area contributed by atoms with Crippen molar-refractivity contribution in [3.63, 3.8) is 0 Å². The molecule has 0 saturated heterocycles. The van der Waals surface area contributed by atoms with Crippen LogP contribution in [0, 0.1) is 19.3 Å². The third-order valence-electron chi connectivity index (χ3n) is 3.27. The second-order valence-electron chi connectivity index (χ2n) is 4.49. The van der Waals surface area contributed by atoms with Crippen LogP contribution in [-0.4, -0.2) is 15.6 Å². The fourth-order valence-electron chi connectivity index (χ4n) is 2.33. The lowest BCUT2D eigenvalue weighted by molar-refractivity contribution is 0.830. The molecule has 3 N–H and O–H groups in total. The molecule has 19 heavy (non-hydrogen) atoms. The quantitative estimate of drug-likeness (QED) is 0.668. The van der Waals surface area contributed by atoms with Crippen molar-refractivity contribution in [3.05, 3.63) is 45.7 Å². The van der Waals surface area contributed by atoms with E-state index in [1.807, 2.05) is 18.5 Å². The number of hydrogen-bond donors (Lipinski definition) is 2. The summed E-state index contributed by atoms with van der Waals surface area (Å²) in [6, 6.07) is 5.27. The molecule has 4 nitrogen and oxygen atoms in total. The summed E-state index contributed by atoms with van der Waals surface area (Å²) in [5, 5.41) is 12.8. The van der Waals surface area contributed by atoms with E-state index in [2.05, 4.69) is 12.0 Å². The van der Waals surface area contributed by atoms with E-state index in [-0.39, 0.29) is 5.84 Å². The highest BCUT2D eigenvalue weighted by molar-refractivity contribution is 6.31. The number of nitrogens with zero attached hydrogens (tertiary/aromatic N) is 2. The second-order valence-corrected chi connectivity index (χ2v) is 4.93. The van der Waals surface area contributed by atoms with Gasteiger partial charge in [-0.3, -0.25) is 5.41 Å². The Kier molecular flexibility index (Phi) is 3.62. The average Bonchev–Trinajstić information content (AvgIpc) is 2.63. The van der Waals surface area contributed by atoms with Gasteiger partial charge in [0.25, 0.3) is 0 Å². The highest BCUT2D eigenvalue weighted by atomic mass is 35.5. The van der Waals surface area contributed by atoms with Crippen LogP contribution in [0.15, 0.2) is 18.2 Å². The molecule has 0 amide bonds. The van der Waals surface area contributed by atoms with E-state index in [4.69, 9.17) is 22.7 Å². The van der Waals surface area contributed by atoms with Gasteiger partial charge in [0.2, 0.25) is 0 Å². The van der Waals surface area contributed by atoms with Gasteiger partial charge < -0.3 is 5.73 Å². The Morgan fingerprint density at radius 2 is 2.11 bits per heavy atom.